The lowest BCUT2D eigenvalue weighted by atomic mass is 10.1. The van der Waals surface area contributed by atoms with Crippen molar-refractivity contribution in [3.05, 3.63) is 80.9 Å². The van der Waals surface area contributed by atoms with E-state index < -0.39 is 20.9 Å². The first-order valence-corrected chi connectivity index (χ1v) is 10.7. The molecule has 0 atom stereocenters. The lowest BCUT2D eigenvalue weighted by Gasteiger charge is -2.12. The first-order chi connectivity index (χ1) is 14.6. The van der Waals surface area contributed by atoms with Crippen LogP contribution in [0.4, 0.5) is 17.1 Å². The van der Waals surface area contributed by atoms with Crippen LogP contribution >= 0.6 is 11.6 Å². The number of rotatable bonds is 4. The number of hydrogen-bond donors (Lipinski definition) is 2. The minimum Gasteiger partial charge on any atom is -0.454 e. The van der Waals surface area contributed by atoms with Crippen LogP contribution in [0.25, 0.3) is 0 Å². The number of nitro groups is 1. The number of sulfonamides is 1. The molecule has 1 amide bonds. The van der Waals surface area contributed by atoms with Gasteiger partial charge in [-0.2, -0.15) is 0 Å². The molecule has 1 aliphatic rings. The standard InChI is InChI=1S/C20H14ClN3O6S/c1-11-2-5-14(24(26)27)10-19(11)31(28,29)23-13-4-7-17-15(9-13)20(25)22-16-8-12(21)3-6-18(16)30-17/h2-10,23H,1H3,(H,22,25). The number of benzene rings is 3. The lowest BCUT2D eigenvalue weighted by Crippen LogP contribution is -2.16. The molecule has 0 saturated heterocycles. The predicted octanol–water partition coefficient (Wildman–Crippen LogP) is 4.72. The molecule has 11 heteroatoms. The van der Waals surface area contributed by atoms with E-state index in [4.69, 9.17) is 16.3 Å². The zero-order valence-corrected chi connectivity index (χ0v) is 17.5. The monoisotopic (exact) mass is 459 g/mol. The smallest absolute Gasteiger partial charge is 0.270 e. The Bertz CT molecular complexity index is 1360. The van der Waals surface area contributed by atoms with Crippen molar-refractivity contribution in [1.29, 1.82) is 0 Å². The Labute approximate surface area is 181 Å². The molecule has 3 aromatic rings. The van der Waals surface area contributed by atoms with Gasteiger partial charge in [0.05, 0.1) is 21.1 Å². The first kappa shape index (κ1) is 20.6. The van der Waals surface area contributed by atoms with Gasteiger partial charge in [0.15, 0.2) is 5.75 Å². The van der Waals surface area contributed by atoms with E-state index in [0.29, 0.717) is 22.0 Å². The normalized spacial score (nSPS) is 12.6. The largest absolute Gasteiger partial charge is 0.454 e. The third-order valence-corrected chi connectivity index (χ3v) is 6.32. The Balaban J connectivity index is 1.69. The summed E-state index contributed by atoms with van der Waals surface area (Å²) in [5, 5.41) is 14.1. The molecule has 0 unspecified atom stereocenters. The summed E-state index contributed by atoms with van der Waals surface area (Å²) in [4.78, 5) is 22.8. The third-order valence-electron chi connectivity index (χ3n) is 4.56. The Morgan fingerprint density at radius 1 is 1.06 bits per heavy atom. The van der Waals surface area contributed by atoms with Crippen LogP contribution in [0.5, 0.6) is 11.5 Å². The van der Waals surface area contributed by atoms with Crippen LogP contribution in [-0.4, -0.2) is 19.2 Å². The van der Waals surface area contributed by atoms with Gasteiger partial charge in [0, 0.05) is 22.8 Å². The Morgan fingerprint density at radius 3 is 2.55 bits per heavy atom. The summed E-state index contributed by atoms with van der Waals surface area (Å²) >= 11 is 5.96. The van der Waals surface area contributed by atoms with Crippen LogP contribution in [0.1, 0.15) is 15.9 Å². The van der Waals surface area contributed by atoms with Gasteiger partial charge >= 0.3 is 0 Å². The molecule has 3 aromatic carbocycles. The minimum atomic E-state index is -4.16. The van der Waals surface area contributed by atoms with E-state index in [-0.39, 0.29) is 27.6 Å². The van der Waals surface area contributed by atoms with Crippen LogP contribution in [0.2, 0.25) is 5.02 Å². The van der Waals surface area contributed by atoms with Gasteiger partial charge in [0.25, 0.3) is 21.6 Å². The number of nitrogens with one attached hydrogen (secondary N) is 2. The van der Waals surface area contributed by atoms with Gasteiger partial charge in [-0.15, -0.1) is 0 Å². The molecule has 0 saturated carbocycles. The summed E-state index contributed by atoms with van der Waals surface area (Å²) in [5.74, 6) is 0.105. The summed E-state index contributed by atoms with van der Waals surface area (Å²) < 4.78 is 33.8. The quantitative estimate of drug-likeness (QED) is 0.429. The molecule has 9 nitrogen and oxygen atoms in total. The average molecular weight is 460 g/mol. The lowest BCUT2D eigenvalue weighted by molar-refractivity contribution is -0.385. The van der Waals surface area contributed by atoms with E-state index in [2.05, 4.69) is 10.0 Å². The van der Waals surface area contributed by atoms with Crippen molar-refractivity contribution in [3.63, 3.8) is 0 Å². The summed E-state index contributed by atoms with van der Waals surface area (Å²) in [6.07, 6.45) is 0. The molecule has 0 aliphatic carbocycles. The van der Waals surface area contributed by atoms with E-state index in [9.17, 15) is 23.3 Å². The average Bonchev–Trinajstić information content (AvgIpc) is 2.83. The maximum absolute atomic E-state index is 12.9. The Morgan fingerprint density at radius 2 is 1.81 bits per heavy atom. The van der Waals surface area contributed by atoms with Gasteiger partial charge in [-0.1, -0.05) is 17.7 Å². The molecular formula is C20H14ClN3O6S. The highest BCUT2D eigenvalue weighted by Crippen LogP contribution is 2.38. The highest BCUT2D eigenvalue weighted by atomic mass is 35.5. The topological polar surface area (TPSA) is 128 Å². The maximum atomic E-state index is 12.9. The van der Waals surface area contributed by atoms with Crippen molar-refractivity contribution in [2.75, 3.05) is 10.0 Å². The van der Waals surface area contributed by atoms with Gasteiger partial charge in [-0.25, -0.2) is 8.42 Å². The number of carbonyl (C=O) groups excluding carboxylic acids is 1. The fraction of sp³-hybridized carbons (Fsp3) is 0.0500. The number of carbonyl (C=O) groups is 1. The molecule has 1 aliphatic heterocycles. The molecular weight excluding hydrogens is 446 g/mol. The zero-order valence-electron chi connectivity index (χ0n) is 15.9. The minimum absolute atomic E-state index is 0.0902. The molecule has 0 spiro atoms. The summed E-state index contributed by atoms with van der Waals surface area (Å²) in [6, 6.07) is 12.5. The summed E-state index contributed by atoms with van der Waals surface area (Å²) in [7, 11) is -4.16. The second-order valence-corrected chi connectivity index (χ2v) is 8.81. The predicted molar refractivity (Wildman–Crippen MR) is 115 cm³/mol. The van der Waals surface area contributed by atoms with E-state index in [1.165, 1.54) is 43.3 Å². The van der Waals surface area contributed by atoms with E-state index in [0.717, 1.165) is 6.07 Å². The maximum Gasteiger partial charge on any atom is 0.270 e. The van der Waals surface area contributed by atoms with E-state index >= 15 is 0 Å². The SMILES string of the molecule is Cc1ccc([N+](=O)[O-])cc1S(=O)(=O)Nc1ccc2c(c1)C(=O)Nc1cc(Cl)ccc1O2. The molecule has 2 N–H and O–H groups in total. The van der Waals surface area contributed by atoms with Gasteiger partial charge in [0.1, 0.15) is 5.75 Å². The van der Waals surface area contributed by atoms with Gasteiger partial charge in [0.2, 0.25) is 0 Å². The number of nitrogens with zero attached hydrogens (tertiary/aromatic N) is 1. The van der Waals surface area contributed by atoms with Crippen molar-refractivity contribution in [1.82, 2.24) is 0 Å². The van der Waals surface area contributed by atoms with Gasteiger partial charge in [-0.05, 0) is 48.9 Å². The second-order valence-electron chi connectivity index (χ2n) is 6.72. The third kappa shape index (κ3) is 4.03. The van der Waals surface area contributed by atoms with Crippen molar-refractivity contribution < 1.29 is 22.9 Å². The first-order valence-electron chi connectivity index (χ1n) is 8.85. The highest BCUT2D eigenvalue weighted by molar-refractivity contribution is 7.92. The number of non-ortho nitro benzene ring substituents is 1. The second kappa shape index (κ2) is 7.56. The van der Waals surface area contributed by atoms with E-state index in [1.54, 1.807) is 12.1 Å². The van der Waals surface area contributed by atoms with Crippen molar-refractivity contribution in [2.24, 2.45) is 0 Å². The number of halogens is 1. The fourth-order valence-corrected chi connectivity index (χ4v) is 4.55. The van der Waals surface area contributed by atoms with Crippen LogP contribution in [0.3, 0.4) is 0 Å². The van der Waals surface area contributed by atoms with Crippen molar-refractivity contribution in [2.45, 2.75) is 11.8 Å². The summed E-state index contributed by atoms with van der Waals surface area (Å²) in [5.41, 5.74) is 0.553. The molecule has 1 heterocycles. The number of ether oxygens (including phenoxy) is 1. The van der Waals surface area contributed by atoms with Crippen LogP contribution in [0, 0.1) is 17.0 Å². The number of aryl methyl sites for hydroxylation is 1. The zero-order chi connectivity index (χ0) is 22.3. The summed E-state index contributed by atoms with van der Waals surface area (Å²) in [6.45, 7) is 1.53. The van der Waals surface area contributed by atoms with Gasteiger partial charge < -0.3 is 10.1 Å². The van der Waals surface area contributed by atoms with E-state index in [1.807, 2.05) is 0 Å². The van der Waals surface area contributed by atoms with Crippen LogP contribution in [0.15, 0.2) is 59.5 Å². The van der Waals surface area contributed by atoms with Crippen LogP contribution in [-0.2, 0) is 10.0 Å². The van der Waals surface area contributed by atoms with Crippen LogP contribution < -0.4 is 14.8 Å². The van der Waals surface area contributed by atoms with Gasteiger partial charge in [-0.3, -0.25) is 19.6 Å². The molecule has 31 heavy (non-hydrogen) atoms. The molecule has 4 rings (SSSR count). The number of nitro benzene ring substituents is 1. The molecule has 0 aromatic heterocycles. The highest BCUT2D eigenvalue weighted by Gasteiger charge is 2.24. The molecule has 158 valence electrons. The number of hydrogen-bond acceptors (Lipinski definition) is 6. The van der Waals surface area contributed by atoms with Crippen molar-refractivity contribution in [3.8, 4) is 11.5 Å². The molecule has 0 radical (unpaired) electrons. The Kier molecular flexibility index (Phi) is 5.03. The van der Waals surface area contributed by atoms with Crippen molar-refractivity contribution >= 4 is 44.6 Å². The molecule has 0 bridgehead atoms. The number of amides is 1. The number of fused-ring (bicyclic) bond motifs is 2. The Hall–Kier alpha value is -3.63. The molecule has 0 fully saturated rings. The fourth-order valence-electron chi connectivity index (χ4n) is 3.06. The number of anilines is 2.